The lowest BCUT2D eigenvalue weighted by Crippen LogP contribution is -2.30. The lowest BCUT2D eigenvalue weighted by atomic mass is 10.1. The first-order valence-electron chi connectivity index (χ1n) is 6.45. The molecule has 1 aromatic carbocycles. The highest BCUT2D eigenvalue weighted by atomic mass is 16.5. The Morgan fingerprint density at radius 1 is 1.50 bits per heavy atom. The number of rotatable bonds is 3. The Labute approximate surface area is 109 Å². The third-order valence-corrected chi connectivity index (χ3v) is 3.28. The zero-order valence-electron chi connectivity index (χ0n) is 11.2. The molecule has 4 nitrogen and oxygen atoms in total. The van der Waals surface area contributed by atoms with Crippen LogP contribution in [-0.4, -0.2) is 37.8 Å². The van der Waals surface area contributed by atoms with Gasteiger partial charge in [-0.15, -0.1) is 0 Å². The number of benzene rings is 1. The number of ether oxygens (including phenoxy) is 2. The van der Waals surface area contributed by atoms with Crippen molar-refractivity contribution in [3.05, 3.63) is 23.8 Å². The van der Waals surface area contributed by atoms with Crippen LogP contribution in [0.4, 0.5) is 5.69 Å². The standard InChI is InChI=1S/C14H22N2O2/c1-11-9-16(6-3-7-18-11)10-12-8-13(17-2)4-5-14(12)15/h4-5,8,11H,3,6-7,9-10,15H2,1-2H3. The van der Waals surface area contributed by atoms with Crippen LogP contribution in [0.1, 0.15) is 18.9 Å². The number of nitrogen functional groups attached to an aromatic ring is 1. The van der Waals surface area contributed by atoms with E-state index in [1.165, 1.54) is 0 Å². The Balaban J connectivity index is 2.07. The molecular formula is C14H22N2O2. The van der Waals surface area contributed by atoms with Crippen molar-refractivity contribution in [3.63, 3.8) is 0 Å². The lowest BCUT2D eigenvalue weighted by Gasteiger charge is -2.22. The Hall–Kier alpha value is -1.26. The monoisotopic (exact) mass is 250 g/mol. The number of hydrogen-bond acceptors (Lipinski definition) is 4. The van der Waals surface area contributed by atoms with Crippen molar-refractivity contribution in [2.24, 2.45) is 0 Å². The van der Waals surface area contributed by atoms with E-state index in [9.17, 15) is 0 Å². The van der Waals surface area contributed by atoms with Gasteiger partial charge in [0.2, 0.25) is 0 Å². The van der Waals surface area contributed by atoms with E-state index < -0.39 is 0 Å². The average molecular weight is 250 g/mol. The molecule has 0 radical (unpaired) electrons. The summed E-state index contributed by atoms with van der Waals surface area (Å²) in [5.41, 5.74) is 7.98. The van der Waals surface area contributed by atoms with Crippen LogP contribution in [0.25, 0.3) is 0 Å². The topological polar surface area (TPSA) is 47.7 Å². The van der Waals surface area contributed by atoms with Gasteiger partial charge in [-0.25, -0.2) is 0 Å². The maximum absolute atomic E-state index is 6.02. The molecule has 2 N–H and O–H groups in total. The summed E-state index contributed by atoms with van der Waals surface area (Å²) in [6.45, 7) is 5.84. The van der Waals surface area contributed by atoms with Gasteiger partial charge in [0.1, 0.15) is 5.75 Å². The Kier molecular flexibility index (Phi) is 4.44. The maximum Gasteiger partial charge on any atom is 0.119 e. The van der Waals surface area contributed by atoms with Gasteiger partial charge in [0, 0.05) is 31.9 Å². The lowest BCUT2D eigenvalue weighted by molar-refractivity contribution is 0.0668. The average Bonchev–Trinajstić information content (AvgIpc) is 2.56. The first kappa shape index (κ1) is 13.2. The smallest absolute Gasteiger partial charge is 0.119 e. The van der Waals surface area contributed by atoms with Crippen LogP contribution in [0, 0.1) is 0 Å². The van der Waals surface area contributed by atoms with Crippen molar-refractivity contribution in [2.75, 3.05) is 32.5 Å². The van der Waals surface area contributed by atoms with E-state index in [4.69, 9.17) is 15.2 Å². The number of hydrogen-bond donors (Lipinski definition) is 1. The minimum Gasteiger partial charge on any atom is -0.497 e. The highest BCUT2D eigenvalue weighted by Gasteiger charge is 2.16. The molecule has 1 aliphatic heterocycles. The molecule has 1 aliphatic rings. The molecule has 18 heavy (non-hydrogen) atoms. The van der Waals surface area contributed by atoms with Crippen LogP contribution in [0.2, 0.25) is 0 Å². The summed E-state index contributed by atoms with van der Waals surface area (Å²) in [6.07, 6.45) is 1.37. The summed E-state index contributed by atoms with van der Waals surface area (Å²) < 4.78 is 10.9. The molecule has 100 valence electrons. The molecule has 0 spiro atoms. The van der Waals surface area contributed by atoms with Crippen molar-refractivity contribution in [1.82, 2.24) is 4.90 Å². The molecule has 2 rings (SSSR count). The van der Waals surface area contributed by atoms with Gasteiger partial charge >= 0.3 is 0 Å². The van der Waals surface area contributed by atoms with E-state index in [-0.39, 0.29) is 0 Å². The fourth-order valence-corrected chi connectivity index (χ4v) is 2.31. The first-order chi connectivity index (χ1) is 8.69. The highest BCUT2D eigenvalue weighted by molar-refractivity contribution is 5.50. The quantitative estimate of drug-likeness (QED) is 0.832. The van der Waals surface area contributed by atoms with Gasteiger partial charge in [-0.05, 0) is 37.1 Å². The summed E-state index contributed by atoms with van der Waals surface area (Å²) in [6, 6.07) is 5.82. The van der Waals surface area contributed by atoms with Gasteiger partial charge in [0.05, 0.1) is 13.2 Å². The van der Waals surface area contributed by atoms with Crippen molar-refractivity contribution in [3.8, 4) is 5.75 Å². The predicted molar refractivity (Wildman–Crippen MR) is 72.7 cm³/mol. The molecule has 1 saturated heterocycles. The molecule has 1 unspecified atom stereocenters. The maximum atomic E-state index is 6.02. The predicted octanol–water partition coefficient (Wildman–Crippen LogP) is 1.89. The second kappa shape index (κ2) is 6.07. The molecule has 1 fully saturated rings. The third kappa shape index (κ3) is 3.37. The summed E-state index contributed by atoms with van der Waals surface area (Å²) >= 11 is 0. The van der Waals surface area contributed by atoms with Crippen molar-refractivity contribution in [2.45, 2.75) is 26.0 Å². The van der Waals surface area contributed by atoms with Gasteiger partial charge in [-0.2, -0.15) is 0 Å². The van der Waals surface area contributed by atoms with E-state index in [1.54, 1.807) is 7.11 Å². The van der Waals surface area contributed by atoms with Crippen LogP contribution >= 0.6 is 0 Å². The minimum atomic E-state index is 0.291. The molecule has 0 amide bonds. The largest absolute Gasteiger partial charge is 0.497 e. The van der Waals surface area contributed by atoms with Gasteiger partial charge in [0.25, 0.3) is 0 Å². The first-order valence-corrected chi connectivity index (χ1v) is 6.45. The third-order valence-electron chi connectivity index (χ3n) is 3.28. The van der Waals surface area contributed by atoms with Gasteiger partial charge in [-0.1, -0.05) is 0 Å². The number of nitrogens with two attached hydrogens (primary N) is 1. The van der Waals surface area contributed by atoms with Crippen LogP contribution in [0.5, 0.6) is 5.75 Å². The second-order valence-corrected chi connectivity index (χ2v) is 4.83. The summed E-state index contributed by atoms with van der Waals surface area (Å²) in [5, 5.41) is 0. The van der Waals surface area contributed by atoms with Crippen molar-refractivity contribution >= 4 is 5.69 Å². The number of nitrogens with zero attached hydrogens (tertiary/aromatic N) is 1. The van der Waals surface area contributed by atoms with E-state index in [2.05, 4.69) is 11.8 Å². The van der Waals surface area contributed by atoms with Gasteiger partial charge < -0.3 is 15.2 Å². The van der Waals surface area contributed by atoms with Crippen LogP contribution < -0.4 is 10.5 Å². The van der Waals surface area contributed by atoms with Crippen LogP contribution in [-0.2, 0) is 11.3 Å². The van der Waals surface area contributed by atoms with Gasteiger partial charge in [0.15, 0.2) is 0 Å². The summed E-state index contributed by atoms with van der Waals surface area (Å²) in [5.74, 6) is 0.860. The molecule has 0 bridgehead atoms. The zero-order chi connectivity index (χ0) is 13.0. The fourth-order valence-electron chi connectivity index (χ4n) is 2.31. The Morgan fingerprint density at radius 3 is 3.11 bits per heavy atom. The molecular weight excluding hydrogens is 228 g/mol. The number of methoxy groups -OCH3 is 1. The number of anilines is 1. The van der Waals surface area contributed by atoms with E-state index in [1.807, 2.05) is 18.2 Å². The molecule has 1 atom stereocenters. The molecule has 0 aromatic heterocycles. The molecule has 0 saturated carbocycles. The van der Waals surface area contributed by atoms with Crippen LogP contribution in [0.15, 0.2) is 18.2 Å². The highest BCUT2D eigenvalue weighted by Crippen LogP contribution is 2.21. The van der Waals surface area contributed by atoms with E-state index in [0.717, 1.165) is 49.7 Å². The Morgan fingerprint density at radius 2 is 2.33 bits per heavy atom. The second-order valence-electron chi connectivity index (χ2n) is 4.83. The summed E-state index contributed by atoms with van der Waals surface area (Å²) in [7, 11) is 1.68. The summed E-state index contributed by atoms with van der Waals surface area (Å²) in [4.78, 5) is 2.39. The molecule has 1 aromatic rings. The molecule has 1 heterocycles. The van der Waals surface area contributed by atoms with Crippen LogP contribution in [0.3, 0.4) is 0 Å². The zero-order valence-corrected chi connectivity index (χ0v) is 11.2. The minimum absolute atomic E-state index is 0.291. The van der Waals surface area contributed by atoms with E-state index in [0.29, 0.717) is 6.10 Å². The van der Waals surface area contributed by atoms with Gasteiger partial charge in [-0.3, -0.25) is 4.90 Å². The van der Waals surface area contributed by atoms with Crippen molar-refractivity contribution < 1.29 is 9.47 Å². The SMILES string of the molecule is COc1ccc(N)c(CN2CCCOC(C)C2)c1. The van der Waals surface area contributed by atoms with E-state index >= 15 is 0 Å². The van der Waals surface area contributed by atoms with Crippen molar-refractivity contribution in [1.29, 1.82) is 0 Å². The normalized spacial score (nSPS) is 21.6. The Bertz CT molecular complexity index is 395. The molecule has 4 heteroatoms. The molecule has 0 aliphatic carbocycles. The fraction of sp³-hybridized carbons (Fsp3) is 0.571.